The molecule has 2 aromatic heterocycles. The molecule has 8 heteroatoms. The van der Waals surface area contributed by atoms with Crippen molar-refractivity contribution in [2.24, 2.45) is 0 Å². The highest BCUT2D eigenvalue weighted by Gasteiger charge is 2.22. The van der Waals surface area contributed by atoms with Crippen LogP contribution >= 0.6 is 11.3 Å². The molecule has 0 aliphatic carbocycles. The van der Waals surface area contributed by atoms with Crippen LogP contribution in [0, 0.1) is 13.8 Å². The van der Waals surface area contributed by atoms with Gasteiger partial charge in [0.2, 0.25) is 5.91 Å². The van der Waals surface area contributed by atoms with E-state index in [9.17, 15) is 4.79 Å². The van der Waals surface area contributed by atoms with Crippen molar-refractivity contribution < 1.29 is 9.53 Å². The van der Waals surface area contributed by atoms with Gasteiger partial charge < -0.3 is 10.1 Å². The number of hydrogen-bond donors (Lipinski definition) is 1. The molecule has 2 aromatic rings. The first-order valence-electron chi connectivity index (χ1n) is 8.06. The van der Waals surface area contributed by atoms with Gasteiger partial charge in [0.05, 0.1) is 30.6 Å². The Balaban J connectivity index is 1.56. The van der Waals surface area contributed by atoms with Gasteiger partial charge in [-0.05, 0) is 19.9 Å². The number of aryl methyl sites for hydroxylation is 2. The summed E-state index contributed by atoms with van der Waals surface area (Å²) in [5.41, 5.74) is 3.18. The van der Waals surface area contributed by atoms with Crippen LogP contribution in [0.1, 0.15) is 24.0 Å². The summed E-state index contributed by atoms with van der Waals surface area (Å²) in [6, 6.07) is 2.08. The quantitative estimate of drug-likeness (QED) is 0.891. The van der Waals surface area contributed by atoms with Crippen LogP contribution in [0.2, 0.25) is 0 Å². The number of anilines is 1. The SMILES string of the molecule is CC(=O)Nc1nc(CN2CCO[C@H](Cn3nc(C)cc3C)C2)cs1. The first-order valence-corrected chi connectivity index (χ1v) is 8.94. The number of ether oxygens (including phenoxy) is 1. The molecule has 0 radical (unpaired) electrons. The van der Waals surface area contributed by atoms with Gasteiger partial charge in [0, 0.05) is 37.6 Å². The molecule has 0 bridgehead atoms. The van der Waals surface area contributed by atoms with E-state index >= 15 is 0 Å². The van der Waals surface area contributed by atoms with E-state index in [0.29, 0.717) is 11.7 Å². The molecule has 130 valence electrons. The van der Waals surface area contributed by atoms with E-state index in [1.54, 1.807) is 0 Å². The van der Waals surface area contributed by atoms with Crippen molar-refractivity contribution in [1.29, 1.82) is 0 Å². The van der Waals surface area contributed by atoms with E-state index in [4.69, 9.17) is 4.74 Å². The van der Waals surface area contributed by atoms with Gasteiger partial charge in [-0.25, -0.2) is 4.98 Å². The Morgan fingerprint density at radius 3 is 3.04 bits per heavy atom. The van der Waals surface area contributed by atoms with Crippen LogP contribution in [-0.2, 0) is 22.6 Å². The molecule has 1 N–H and O–H groups in total. The lowest BCUT2D eigenvalue weighted by Gasteiger charge is -2.32. The molecule has 3 heterocycles. The molecule has 1 saturated heterocycles. The first kappa shape index (κ1) is 17.1. The van der Waals surface area contributed by atoms with Crippen molar-refractivity contribution >= 4 is 22.4 Å². The molecule has 0 unspecified atom stereocenters. The van der Waals surface area contributed by atoms with Gasteiger partial charge in [0.1, 0.15) is 0 Å². The second-order valence-electron chi connectivity index (χ2n) is 6.16. The summed E-state index contributed by atoms with van der Waals surface area (Å²) in [4.78, 5) is 17.9. The molecule has 24 heavy (non-hydrogen) atoms. The number of hydrogen-bond acceptors (Lipinski definition) is 6. The maximum atomic E-state index is 11.1. The largest absolute Gasteiger partial charge is 0.374 e. The van der Waals surface area contributed by atoms with Gasteiger partial charge in [-0.2, -0.15) is 5.10 Å². The molecule has 0 spiro atoms. The second kappa shape index (κ2) is 7.42. The fourth-order valence-corrected chi connectivity index (χ4v) is 3.65. The number of amides is 1. The molecule has 1 atom stereocenters. The molecular weight excluding hydrogens is 326 g/mol. The number of nitrogens with zero attached hydrogens (tertiary/aromatic N) is 4. The van der Waals surface area contributed by atoms with Gasteiger partial charge in [-0.3, -0.25) is 14.4 Å². The summed E-state index contributed by atoms with van der Waals surface area (Å²) >= 11 is 1.46. The highest BCUT2D eigenvalue weighted by Crippen LogP contribution is 2.18. The molecule has 3 rings (SSSR count). The predicted octanol–water partition coefficient (Wildman–Crippen LogP) is 1.82. The number of aromatic nitrogens is 3. The molecule has 1 fully saturated rings. The van der Waals surface area contributed by atoms with Crippen LogP contribution in [0.25, 0.3) is 0 Å². The number of carbonyl (C=O) groups is 1. The lowest BCUT2D eigenvalue weighted by molar-refractivity contribution is -0.114. The second-order valence-corrected chi connectivity index (χ2v) is 7.02. The van der Waals surface area contributed by atoms with Gasteiger partial charge in [-0.15, -0.1) is 11.3 Å². The van der Waals surface area contributed by atoms with Crippen molar-refractivity contribution in [1.82, 2.24) is 19.7 Å². The van der Waals surface area contributed by atoms with Gasteiger partial charge in [0.25, 0.3) is 0 Å². The maximum absolute atomic E-state index is 11.1. The Labute approximate surface area is 145 Å². The van der Waals surface area contributed by atoms with E-state index in [1.807, 2.05) is 17.0 Å². The minimum Gasteiger partial charge on any atom is -0.374 e. The zero-order chi connectivity index (χ0) is 17.1. The molecule has 0 saturated carbocycles. The third-order valence-corrected chi connectivity index (χ3v) is 4.73. The summed E-state index contributed by atoms with van der Waals surface area (Å²) in [6.07, 6.45) is 0.130. The Hall–Kier alpha value is -1.77. The Morgan fingerprint density at radius 2 is 2.33 bits per heavy atom. The average molecular weight is 349 g/mol. The first-order chi connectivity index (χ1) is 11.5. The van der Waals surface area contributed by atoms with E-state index in [2.05, 4.69) is 33.3 Å². The smallest absolute Gasteiger partial charge is 0.223 e. The van der Waals surface area contributed by atoms with Crippen LogP contribution in [0.4, 0.5) is 5.13 Å². The number of rotatable bonds is 5. The summed E-state index contributed by atoms with van der Waals surface area (Å²) in [5, 5.41) is 9.89. The van der Waals surface area contributed by atoms with Gasteiger partial charge >= 0.3 is 0 Å². The van der Waals surface area contributed by atoms with Crippen LogP contribution in [-0.4, -0.2) is 51.4 Å². The van der Waals surface area contributed by atoms with E-state index < -0.39 is 0 Å². The predicted molar refractivity (Wildman–Crippen MR) is 93.1 cm³/mol. The number of carbonyl (C=O) groups excluding carboxylic acids is 1. The van der Waals surface area contributed by atoms with E-state index in [-0.39, 0.29) is 12.0 Å². The summed E-state index contributed by atoms with van der Waals surface area (Å²) in [7, 11) is 0. The third-order valence-electron chi connectivity index (χ3n) is 3.92. The minimum atomic E-state index is -0.0905. The van der Waals surface area contributed by atoms with Crippen LogP contribution in [0.5, 0.6) is 0 Å². The molecule has 1 aliphatic rings. The average Bonchev–Trinajstić information content (AvgIpc) is 3.05. The fourth-order valence-electron chi connectivity index (χ4n) is 2.90. The monoisotopic (exact) mass is 349 g/mol. The normalized spacial score (nSPS) is 18.7. The molecular formula is C16H23N5O2S. The summed E-state index contributed by atoms with van der Waals surface area (Å²) in [6.45, 7) is 9.56. The van der Waals surface area contributed by atoms with Gasteiger partial charge in [-0.1, -0.05) is 0 Å². The lowest BCUT2D eigenvalue weighted by atomic mass is 10.2. The molecule has 1 amide bonds. The summed E-state index contributed by atoms with van der Waals surface area (Å²) < 4.78 is 7.91. The highest BCUT2D eigenvalue weighted by molar-refractivity contribution is 7.13. The van der Waals surface area contributed by atoms with E-state index in [0.717, 1.165) is 43.3 Å². The third kappa shape index (κ3) is 4.40. The standard InChI is InChI=1S/C16H23N5O2S/c1-11-6-12(2)21(19-11)9-15-8-20(4-5-23-15)7-14-10-24-16(18-14)17-13(3)22/h6,10,15H,4-5,7-9H2,1-3H3,(H,17,18,22)/t15-/m0/s1. The zero-order valence-electron chi connectivity index (χ0n) is 14.3. The number of nitrogens with one attached hydrogen (secondary N) is 1. The van der Waals surface area contributed by atoms with Crippen LogP contribution in [0.15, 0.2) is 11.4 Å². The van der Waals surface area contributed by atoms with Crippen LogP contribution in [0.3, 0.4) is 0 Å². The van der Waals surface area contributed by atoms with Crippen molar-refractivity contribution in [2.75, 3.05) is 25.0 Å². The molecule has 0 aromatic carbocycles. The Bertz CT molecular complexity index is 711. The topological polar surface area (TPSA) is 72.3 Å². The van der Waals surface area contributed by atoms with Crippen molar-refractivity contribution in [3.8, 4) is 0 Å². The minimum absolute atomic E-state index is 0.0905. The lowest BCUT2D eigenvalue weighted by Crippen LogP contribution is -2.44. The Morgan fingerprint density at radius 1 is 1.50 bits per heavy atom. The number of morpholine rings is 1. The fraction of sp³-hybridized carbons (Fsp3) is 0.562. The highest BCUT2D eigenvalue weighted by atomic mass is 32.1. The van der Waals surface area contributed by atoms with Crippen molar-refractivity contribution in [3.63, 3.8) is 0 Å². The molecule has 1 aliphatic heterocycles. The van der Waals surface area contributed by atoms with E-state index in [1.165, 1.54) is 18.3 Å². The van der Waals surface area contributed by atoms with Crippen molar-refractivity contribution in [2.45, 2.75) is 40.0 Å². The van der Waals surface area contributed by atoms with Gasteiger partial charge in [0.15, 0.2) is 5.13 Å². The maximum Gasteiger partial charge on any atom is 0.223 e. The van der Waals surface area contributed by atoms with Crippen molar-refractivity contribution in [3.05, 3.63) is 28.5 Å². The number of thiazole rings is 1. The summed E-state index contributed by atoms with van der Waals surface area (Å²) in [5.74, 6) is -0.0905. The Kier molecular flexibility index (Phi) is 5.27. The zero-order valence-corrected chi connectivity index (χ0v) is 15.1. The molecule has 7 nitrogen and oxygen atoms in total. The van der Waals surface area contributed by atoms with Crippen LogP contribution < -0.4 is 5.32 Å².